The van der Waals surface area contributed by atoms with Gasteiger partial charge in [-0.3, -0.25) is 0 Å². The largest absolute Gasteiger partial charge is 0.497 e. The van der Waals surface area contributed by atoms with Gasteiger partial charge in [-0.1, -0.05) is 41.9 Å². The Morgan fingerprint density at radius 3 is 2.68 bits per heavy atom. The first-order valence-electron chi connectivity index (χ1n) is 9.37. The minimum absolute atomic E-state index is 0.0556. The zero-order chi connectivity index (χ0) is 21.8. The lowest BCUT2D eigenvalue weighted by Crippen LogP contribution is -2.15. The number of carbonyl (C=O) groups excluding carboxylic acids is 1. The van der Waals surface area contributed by atoms with E-state index >= 15 is 0 Å². The minimum Gasteiger partial charge on any atom is -0.497 e. The first kappa shape index (κ1) is 20.5. The van der Waals surface area contributed by atoms with E-state index in [4.69, 9.17) is 21.1 Å². The maximum absolute atomic E-state index is 12.9. The van der Waals surface area contributed by atoms with Crippen LogP contribution in [0.15, 0.2) is 54.6 Å². The third-order valence-corrected chi connectivity index (χ3v) is 4.90. The number of ether oxygens (including phenoxy) is 2. The molecule has 0 unspecified atom stereocenters. The van der Waals surface area contributed by atoms with E-state index in [0.717, 1.165) is 10.9 Å². The molecular formula is C22H18ClN5O3. The Hall–Kier alpha value is -3.78. The third kappa shape index (κ3) is 4.54. The van der Waals surface area contributed by atoms with Gasteiger partial charge in [-0.15, -0.1) is 5.10 Å². The van der Waals surface area contributed by atoms with Gasteiger partial charge in [0, 0.05) is 17.0 Å². The van der Waals surface area contributed by atoms with Crippen molar-refractivity contribution in [3.63, 3.8) is 0 Å². The van der Waals surface area contributed by atoms with Crippen LogP contribution >= 0.6 is 11.6 Å². The number of aromatic nitrogens is 5. The number of pyridine rings is 1. The molecule has 156 valence electrons. The molecule has 9 heteroatoms. The summed E-state index contributed by atoms with van der Waals surface area (Å²) in [5.41, 5.74) is 2.26. The zero-order valence-corrected chi connectivity index (χ0v) is 17.6. The maximum Gasteiger partial charge on any atom is 0.357 e. The highest BCUT2D eigenvalue weighted by Gasteiger charge is 2.19. The van der Waals surface area contributed by atoms with Crippen LogP contribution in [0.1, 0.15) is 17.0 Å². The zero-order valence-electron chi connectivity index (χ0n) is 16.8. The van der Waals surface area contributed by atoms with Crippen LogP contribution in [0.3, 0.4) is 0 Å². The lowest BCUT2D eigenvalue weighted by molar-refractivity contribution is -0.138. The number of carbonyl (C=O) groups is 1. The fourth-order valence-electron chi connectivity index (χ4n) is 2.98. The van der Waals surface area contributed by atoms with E-state index in [0.29, 0.717) is 22.7 Å². The Bertz CT molecular complexity index is 1270. The normalized spacial score (nSPS) is 11.5. The number of methoxy groups -OCH3 is 1. The summed E-state index contributed by atoms with van der Waals surface area (Å²) in [6.07, 6.45) is 1.66. The van der Waals surface area contributed by atoms with Gasteiger partial charge < -0.3 is 9.47 Å². The number of benzene rings is 2. The van der Waals surface area contributed by atoms with Crippen LogP contribution in [-0.4, -0.2) is 38.3 Å². The lowest BCUT2D eigenvalue weighted by atomic mass is 10.1. The van der Waals surface area contributed by atoms with Crippen molar-refractivity contribution < 1.29 is 14.3 Å². The molecule has 2 heterocycles. The molecule has 4 rings (SSSR count). The maximum atomic E-state index is 12.9. The number of nitrogens with zero attached hydrogens (tertiary/aromatic N) is 5. The molecule has 0 fully saturated rings. The number of tetrazole rings is 1. The molecule has 0 aliphatic rings. The summed E-state index contributed by atoms with van der Waals surface area (Å²) >= 11 is 6.32. The average Bonchev–Trinajstić information content (AvgIpc) is 3.21. The van der Waals surface area contributed by atoms with Gasteiger partial charge in [0.05, 0.1) is 12.6 Å². The summed E-state index contributed by atoms with van der Waals surface area (Å²) in [5, 5.41) is 12.5. The second-order valence-electron chi connectivity index (χ2n) is 6.65. The van der Waals surface area contributed by atoms with E-state index < -0.39 is 5.97 Å². The van der Waals surface area contributed by atoms with Crippen molar-refractivity contribution in [1.82, 2.24) is 25.2 Å². The van der Waals surface area contributed by atoms with Crippen molar-refractivity contribution in [2.45, 2.75) is 13.5 Å². The van der Waals surface area contributed by atoms with Gasteiger partial charge >= 0.3 is 5.97 Å². The molecule has 0 saturated carbocycles. The predicted molar refractivity (Wildman–Crippen MR) is 116 cm³/mol. The molecule has 8 nitrogen and oxygen atoms in total. The Labute approximate surface area is 183 Å². The molecule has 31 heavy (non-hydrogen) atoms. The quantitative estimate of drug-likeness (QED) is 0.257. The molecule has 0 aliphatic carbocycles. The number of halogens is 1. The number of esters is 1. The van der Waals surface area contributed by atoms with Crippen molar-refractivity contribution in [2.75, 3.05) is 7.11 Å². The Morgan fingerprint density at radius 1 is 1.16 bits per heavy atom. The second kappa shape index (κ2) is 8.93. The summed E-state index contributed by atoms with van der Waals surface area (Å²) in [6.45, 7) is 1.64. The molecule has 0 aliphatic heterocycles. The molecule has 4 aromatic rings. The molecule has 0 bridgehead atoms. The SMILES string of the molecule is COc1ccc2cc(COC(=O)C(=Cc3ccccc3)n3nnnc3C)c(Cl)nc2c1. The van der Waals surface area contributed by atoms with Crippen molar-refractivity contribution in [3.8, 4) is 5.75 Å². The van der Waals surface area contributed by atoms with E-state index in [9.17, 15) is 4.79 Å². The highest BCUT2D eigenvalue weighted by atomic mass is 35.5. The first-order chi connectivity index (χ1) is 15.0. The van der Waals surface area contributed by atoms with Gasteiger partial charge in [-0.25, -0.2) is 9.78 Å². The lowest BCUT2D eigenvalue weighted by Gasteiger charge is -2.11. The number of hydrogen-bond donors (Lipinski definition) is 0. The number of hydrogen-bond acceptors (Lipinski definition) is 7. The summed E-state index contributed by atoms with van der Waals surface area (Å²) in [5.74, 6) is 0.548. The van der Waals surface area contributed by atoms with Crippen LogP contribution in [0.4, 0.5) is 0 Å². The number of fused-ring (bicyclic) bond motifs is 1. The van der Waals surface area contributed by atoms with Crippen LogP contribution in [0.2, 0.25) is 5.15 Å². The standard InChI is InChI=1S/C22H18ClN5O3/c1-14-25-26-27-28(14)20(10-15-6-4-3-5-7-15)22(29)31-13-17-11-16-8-9-18(30-2)12-19(16)24-21(17)23/h3-12H,13H2,1-2H3. The second-order valence-corrected chi connectivity index (χ2v) is 7.01. The summed E-state index contributed by atoms with van der Waals surface area (Å²) in [7, 11) is 1.59. The molecule has 2 aromatic carbocycles. The summed E-state index contributed by atoms with van der Waals surface area (Å²) < 4.78 is 12.1. The van der Waals surface area contributed by atoms with Crippen LogP contribution < -0.4 is 4.74 Å². The highest BCUT2D eigenvalue weighted by molar-refractivity contribution is 6.30. The van der Waals surface area contributed by atoms with E-state index in [2.05, 4.69) is 20.5 Å². The van der Waals surface area contributed by atoms with Crippen molar-refractivity contribution >= 4 is 40.2 Å². The number of aryl methyl sites for hydroxylation is 1. The van der Waals surface area contributed by atoms with Crippen LogP contribution in [-0.2, 0) is 16.1 Å². The van der Waals surface area contributed by atoms with Crippen molar-refractivity contribution in [1.29, 1.82) is 0 Å². The molecule has 0 amide bonds. The predicted octanol–water partition coefficient (Wildman–Crippen LogP) is 3.93. The minimum atomic E-state index is -0.592. The van der Waals surface area contributed by atoms with Crippen LogP contribution in [0.5, 0.6) is 5.75 Å². The summed E-state index contributed by atoms with van der Waals surface area (Å²) in [6, 6.07) is 16.7. The topological polar surface area (TPSA) is 92.0 Å². The fourth-order valence-corrected chi connectivity index (χ4v) is 3.18. The Balaban J connectivity index is 1.60. The van der Waals surface area contributed by atoms with E-state index in [1.807, 2.05) is 48.5 Å². The van der Waals surface area contributed by atoms with E-state index in [-0.39, 0.29) is 17.5 Å². The van der Waals surface area contributed by atoms with Gasteiger partial charge in [-0.2, -0.15) is 4.68 Å². The molecule has 2 aromatic heterocycles. The van der Waals surface area contributed by atoms with Crippen molar-refractivity contribution in [3.05, 3.63) is 76.7 Å². The molecule has 0 N–H and O–H groups in total. The van der Waals surface area contributed by atoms with Crippen molar-refractivity contribution in [2.24, 2.45) is 0 Å². The van der Waals surface area contributed by atoms with Gasteiger partial charge in [0.1, 0.15) is 17.5 Å². The van der Waals surface area contributed by atoms with Crippen LogP contribution in [0.25, 0.3) is 22.7 Å². The first-order valence-corrected chi connectivity index (χ1v) is 9.75. The van der Waals surface area contributed by atoms with E-state index in [1.165, 1.54) is 4.68 Å². The third-order valence-electron chi connectivity index (χ3n) is 4.58. The average molecular weight is 436 g/mol. The highest BCUT2D eigenvalue weighted by Crippen LogP contribution is 2.25. The van der Waals surface area contributed by atoms with Gasteiger partial charge in [0.2, 0.25) is 0 Å². The smallest absolute Gasteiger partial charge is 0.357 e. The number of rotatable bonds is 6. The molecule has 0 spiro atoms. The monoisotopic (exact) mass is 435 g/mol. The molecule has 0 radical (unpaired) electrons. The Morgan fingerprint density at radius 2 is 1.97 bits per heavy atom. The fraction of sp³-hybridized carbons (Fsp3) is 0.136. The Kier molecular flexibility index (Phi) is 5.90. The van der Waals surface area contributed by atoms with E-state index in [1.54, 1.807) is 26.2 Å². The summed E-state index contributed by atoms with van der Waals surface area (Å²) in [4.78, 5) is 17.3. The van der Waals surface area contributed by atoms with Crippen LogP contribution in [0, 0.1) is 6.92 Å². The molecular weight excluding hydrogens is 418 g/mol. The molecule has 0 saturated heterocycles. The van der Waals surface area contributed by atoms with Gasteiger partial charge in [-0.05, 0) is 47.2 Å². The van der Waals surface area contributed by atoms with Gasteiger partial charge in [0.15, 0.2) is 11.5 Å². The van der Waals surface area contributed by atoms with Gasteiger partial charge in [0.25, 0.3) is 0 Å². The molecule has 0 atom stereocenters.